The van der Waals surface area contributed by atoms with Crippen molar-refractivity contribution >= 4 is 5.91 Å². The van der Waals surface area contributed by atoms with E-state index in [-0.39, 0.29) is 12.5 Å². The van der Waals surface area contributed by atoms with Crippen LogP contribution in [0.3, 0.4) is 0 Å². The number of rotatable bonds is 49. The van der Waals surface area contributed by atoms with E-state index in [4.69, 9.17) is 0 Å². The predicted octanol–water partition coefficient (Wildman–Crippen LogP) is 18.6. The highest BCUT2D eigenvalue weighted by atomic mass is 16.3. The van der Waals surface area contributed by atoms with E-state index in [0.29, 0.717) is 6.42 Å². The summed E-state index contributed by atoms with van der Waals surface area (Å²) in [6.45, 7) is 4.18. The van der Waals surface area contributed by atoms with Gasteiger partial charge in [0.25, 0.3) is 0 Å². The van der Waals surface area contributed by atoms with Crippen LogP contribution in [0, 0.1) is 0 Å². The summed E-state index contributed by atoms with van der Waals surface area (Å²) in [6.07, 6.45) is 88.8. The first-order valence-corrected chi connectivity index (χ1v) is 27.9. The zero-order valence-electron chi connectivity index (χ0n) is 43.6. The summed E-state index contributed by atoms with van der Waals surface area (Å²) < 4.78 is 0. The molecule has 0 aromatic carbocycles. The van der Waals surface area contributed by atoms with Gasteiger partial charge in [0.1, 0.15) is 0 Å². The maximum atomic E-state index is 12.4. The van der Waals surface area contributed by atoms with Gasteiger partial charge in [-0.15, -0.1) is 0 Å². The predicted molar refractivity (Wildman–Crippen MR) is 299 cm³/mol. The summed E-state index contributed by atoms with van der Waals surface area (Å²) in [5.74, 6) is -0.0741. The number of hydrogen-bond acceptors (Lipinski definition) is 3. The smallest absolute Gasteiger partial charge is 0.220 e. The Morgan fingerprint density at radius 3 is 0.985 bits per heavy atom. The molecule has 0 heterocycles. The number of carbonyl (C=O) groups excluding carboxylic acids is 1. The number of allylic oxidation sites excluding steroid dienone is 21. The lowest BCUT2D eigenvalue weighted by molar-refractivity contribution is -0.123. The van der Waals surface area contributed by atoms with Crippen LogP contribution >= 0.6 is 0 Å². The number of unbranched alkanes of at least 4 members (excludes halogenated alkanes) is 22. The Hall–Kier alpha value is -3.47. The normalized spacial score (nSPS) is 13.9. The standard InChI is InChI=1S/C63H105NO3/c1-3-5-7-9-11-13-15-17-19-20-21-22-23-24-25-26-27-28-29-30-31-32-33-34-35-36-37-38-39-40-41-42-43-44-45-47-49-51-53-55-57-59-63(67)64-61(60-65)62(66)58-56-54-52-50-48-46-18-16-14-12-10-8-6-4-2/h5,7,11,13,17,19,21-22,24-25,27-28,30-31,33-34,36-37,39-40,56,58,61-62,65-66H,3-4,6,8-10,12,14-16,18,20,23,26,29,32,35,38,41-55,57,59-60H2,1-2H3,(H,64,67)/b7-5-,13-11-,19-17-,22-21-,25-24-,28-27-,31-30-,34-33-,37-36-,40-39-,58-56+. The number of hydrogen-bond donors (Lipinski definition) is 3. The molecule has 3 N–H and O–H groups in total. The van der Waals surface area contributed by atoms with Gasteiger partial charge in [-0.1, -0.05) is 270 Å². The van der Waals surface area contributed by atoms with Crippen LogP contribution in [0.25, 0.3) is 0 Å². The highest BCUT2D eigenvalue weighted by Gasteiger charge is 2.18. The SMILES string of the molecule is CC/C=C\C/C=C\C/C=C\C/C=C\C/C=C\C/C=C\C/C=C\C/C=C\C/C=C\C/C=C\CCCCCCCCCCCCC(=O)NC(CO)C(O)/C=C/CCCCCCCCCCCCCC. The van der Waals surface area contributed by atoms with Crippen molar-refractivity contribution in [2.45, 2.75) is 251 Å². The molecule has 0 fully saturated rings. The van der Waals surface area contributed by atoms with Crippen molar-refractivity contribution in [1.82, 2.24) is 5.32 Å². The molecule has 2 unspecified atom stereocenters. The molecule has 0 bridgehead atoms. The van der Waals surface area contributed by atoms with E-state index in [1.165, 1.54) is 128 Å². The minimum Gasteiger partial charge on any atom is -0.394 e. The summed E-state index contributed by atoms with van der Waals surface area (Å²) in [5.41, 5.74) is 0. The third-order valence-electron chi connectivity index (χ3n) is 11.9. The Labute approximate surface area is 415 Å². The van der Waals surface area contributed by atoms with Crippen molar-refractivity contribution in [2.75, 3.05) is 6.61 Å². The molecule has 0 aliphatic carbocycles. The third-order valence-corrected chi connectivity index (χ3v) is 11.9. The minimum absolute atomic E-state index is 0.0741. The second kappa shape index (κ2) is 56.9. The fourth-order valence-electron chi connectivity index (χ4n) is 7.68. The quantitative estimate of drug-likeness (QED) is 0.0421. The number of aliphatic hydroxyl groups is 2. The van der Waals surface area contributed by atoms with E-state index in [1.807, 2.05) is 6.08 Å². The molecular formula is C63H105NO3. The third kappa shape index (κ3) is 53.4. The van der Waals surface area contributed by atoms with Crippen LogP contribution in [0.4, 0.5) is 0 Å². The van der Waals surface area contributed by atoms with Crippen LogP contribution in [0.2, 0.25) is 0 Å². The summed E-state index contributed by atoms with van der Waals surface area (Å²) in [4.78, 5) is 12.4. The molecule has 4 nitrogen and oxygen atoms in total. The van der Waals surface area contributed by atoms with Gasteiger partial charge in [-0.25, -0.2) is 0 Å². The van der Waals surface area contributed by atoms with E-state index in [1.54, 1.807) is 6.08 Å². The van der Waals surface area contributed by atoms with Crippen molar-refractivity contribution in [3.8, 4) is 0 Å². The van der Waals surface area contributed by atoms with Crippen molar-refractivity contribution < 1.29 is 15.0 Å². The molecule has 0 saturated carbocycles. The Bertz CT molecular complexity index is 1370. The molecule has 0 aromatic rings. The molecule has 0 rings (SSSR count). The first kappa shape index (κ1) is 63.5. The van der Waals surface area contributed by atoms with Gasteiger partial charge < -0.3 is 15.5 Å². The highest BCUT2D eigenvalue weighted by Crippen LogP contribution is 2.14. The molecule has 2 atom stereocenters. The fourth-order valence-corrected chi connectivity index (χ4v) is 7.68. The van der Waals surface area contributed by atoms with Gasteiger partial charge in [-0.2, -0.15) is 0 Å². The second-order valence-corrected chi connectivity index (χ2v) is 18.3. The van der Waals surface area contributed by atoms with Gasteiger partial charge >= 0.3 is 0 Å². The monoisotopic (exact) mass is 924 g/mol. The van der Waals surface area contributed by atoms with Gasteiger partial charge in [0.05, 0.1) is 18.8 Å². The van der Waals surface area contributed by atoms with Crippen LogP contribution < -0.4 is 5.32 Å². The van der Waals surface area contributed by atoms with Crippen LogP contribution in [0.5, 0.6) is 0 Å². The van der Waals surface area contributed by atoms with Gasteiger partial charge in [-0.3, -0.25) is 4.79 Å². The van der Waals surface area contributed by atoms with E-state index in [9.17, 15) is 15.0 Å². The zero-order valence-corrected chi connectivity index (χ0v) is 43.6. The molecule has 67 heavy (non-hydrogen) atoms. The minimum atomic E-state index is -0.848. The summed E-state index contributed by atoms with van der Waals surface area (Å²) in [6, 6.07) is -0.632. The average Bonchev–Trinajstić information content (AvgIpc) is 3.33. The van der Waals surface area contributed by atoms with Crippen molar-refractivity contribution in [2.24, 2.45) is 0 Å². The highest BCUT2D eigenvalue weighted by molar-refractivity contribution is 5.76. The lowest BCUT2D eigenvalue weighted by atomic mass is 10.0. The van der Waals surface area contributed by atoms with Gasteiger partial charge in [0.2, 0.25) is 5.91 Å². The van der Waals surface area contributed by atoms with E-state index < -0.39 is 12.1 Å². The van der Waals surface area contributed by atoms with Crippen LogP contribution in [-0.2, 0) is 4.79 Å². The number of carbonyl (C=O) groups is 1. The zero-order chi connectivity index (χ0) is 48.5. The van der Waals surface area contributed by atoms with E-state index in [0.717, 1.165) is 89.9 Å². The van der Waals surface area contributed by atoms with Gasteiger partial charge in [-0.05, 0) is 96.3 Å². The fraction of sp³-hybridized carbons (Fsp3) is 0.635. The molecule has 0 spiro atoms. The summed E-state index contributed by atoms with van der Waals surface area (Å²) >= 11 is 0. The number of amides is 1. The molecule has 0 aromatic heterocycles. The second-order valence-electron chi connectivity index (χ2n) is 18.3. The summed E-state index contributed by atoms with van der Waals surface area (Å²) in [5, 5.41) is 23.1. The topological polar surface area (TPSA) is 69.6 Å². The van der Waals surface area contributed by atoms with Crippen LogP contribution in [0.1, 0.15) is 239 Å². The van der Waals surface area contributed by atoms with Crippen molar-refractivity contribution in [3.05, 3.63) is 134 Å². The first-order chi connectivity index (χ1) is 33.2. The molecule has 1 amide bonds. The van der Waals surface area contributed by atoms with Crippen LogP contribution in [0.15, 0.2) is 134 Å². The lowest BCUT2D eigenvalue weighted by Crippen LogP contribution is -2.45. The van der Waals surface area contributed by atoms with E-state index >= 15 is 0 Å². The lowest BCUT2D eigenvalue weighted by Gasteiger charge is -2.20. The largest absolute Gasteiger partial charge is 0.394 e. The first-order valence-electron chi connectivity index (χ1n) is 27.9. The Kier molecular flexibility index (Phi) is 53.9. The molecule has 0 aliphatic rings. The maximum Gasteiger partial charge on any atom is 0.220 e. The maximum absolute atomic E-state index is 12.4. The molecule has 0 radical (unpaired) electrons. The van der Waals surface area contributed by atoms with Crippen LogP contribution in [-0.4, -0.2) is 34.9 Å². The summed E-state index contributed by atoms with van der Waals surface area (Å²) in [7, 11) is 0. The average molecular weight is 925 g/mol. The Morgan fingerprint density at radius 1 is 0.373 bits per heavy atom. The molecular weight excluding hydrogens is 819 g/mol. The molecule has 0 aliphatic heterocycles. The number of nitrogens with one attached hydrogen (secondary N) is 1. The Morgan fingerprint density at radius 2 is 0.657 bits per heavy atom. The Balaban J connectivity index is 3.61. The molecule has 0 saturated heterocycles. The molecule has 4 heteroatoms. The van der Waals surface area contributed by atoms with Gasteiger partial charge in [0.15, 0.2) is 0 Å². The van der Waals surface area contributed by atoms with Crippen molar-refractivity contribution in [3.63, 3.8) is 0 Å². The molecule has 380 valence electrons. The van der Waals surface area contributed by atoms with Gasteiger partial charge in [0, 0.05) is 6.42 Å². The van der Waals surface area contributed by atoms with E-state index in [2.05, 4.69) is 141 Å². The van der Waals surface area contributed by atoms with Crippen molar-refractivity contribution in [1.29, 1.82) is 0 Å². The number of aliphatic hydroxyl groups excluding tert-OH is 2.